The zero-order valence-electron chi connectivity index (χ0n) is 27.6. The van der Waals surface area contributed by atoms with E-state index in [1.165, 1.54) is 5.19 Å². The third-order valence-corrected chi connectivity index (χ3v) is 14.8. The van der Waals surface area contributed by atoms with E-state index in [0.717, 1.165) is 53.3 Å². The second kappa shape index (κ2) is 13.2. The molecule has 0 bridgehead atoms. The fourth-order valence-electron chi connectivity index (χ4n) is 7.89. The number of carbonyl (C=O) groups is 2. The molecule has 1 N–H and O–H groups in total. The second-order valence-electron chi connectivity index (χ2n) is 13.5. The Bertz CT molecular complexity index is 1580. The van der Waals surface area contributed by atoms with Crippen LogP contribution in [0.15, 0.2) is 66.7 Å². The van der Waals surface area contributed by atoms with Gasteiger partial charge in [-0.15, -0.1) is 0 Å². The van der Waals surface area contributed by atoms with Gasteiger partial charge in [-0.05, 0) is 61.2 Å². The predicted octanol–water partition coefficient (Wildman–Crippen LogP) is 5.75. The summed E-state index contributed by atoms with van der Waals surface area (Å²) in [5.74, 6) is 1.59. The van der Waals surface area contributed by atoms with Gasteiger partial charge >= 0.3 is 0 Å². The molecule has 0 spiro atoms. The fraction of sp³-hybridized carbons (Fsp3) is 0.459. The van der Waals surface area contributed by atoms with Crippen molar-refractivity contribution < 1.29 is 28.9 Å². The number of aliphatic hydroxyl groups excluding tert-OH is 1. The zero-order chi connectivity index (χ0) is 32.6. The molecule has 8 nitrogen and oxygen atoms in total. The number of rotatable bonds is 9. The van der Waals surface area contributed by atoms with Crippen molar-refractivity contribution in [1.29, 1.82) is 0 Å². The molecule has 1 fully saturated rings. The molecule has 5 atom stereocenters. The van der Waals surface area contributed by atoms with Gasteiger partial charge in [-0.1, -0.05) is 55.5 Å². The highest BCUT2D eigenvalue weighted by Gasteiger charge is 2.49. The Morgan fingerprint density at radius 1 is 1.07 bits per heavy atom. The first-order chi connectivity index (χ1) is 22.2. The number of hydrogen-bond donors (Lipinski definition) is 1. The number of anilines is 2. The van der Waals surface area contributed by atoms with Crippen molar-refractivity contribution in [3.8, 4) is 11.5 Å². The molecule has 3 heterocycles. The number of benzene rings is 3. The summed E-state index contributed by atoms with van der Waals surface area (Å²) in [7, 11) is 1.02. The lowest BCUT2D eigenvalue weighted by atomic mass is 9.86. The van der Waals surface area contributed by atoms with Gasteiger partial charge in [0.15, 0.2) is 0 Å². The summed E-state index contributed by atoms with van der Waals surface area (Å²) in [5, 5.41) is 11.2. The Morgan fingerprint density at radius 2 is 1.83 bits per heavy atom. The number of nitrogens with zero attached hydrogens (tertiary/aromatic N) is 2. The molecule has 2 amide bonds. The van der Waals surface area contributed by atoms with Crippen molar-refractivity contribution >= 4 is 36.4 Å². The zero-order valence-corrected chi connectivity index (χ0v) is 28.6. The van der Waals surface area contributed by atoms with Crippen LogP contribution in [0.5, 0.6) is 11.5 Å². The third kappa shape index (κ3) is 5.85. The summed E-state index contributed by atoms with van der Waals surface area (Å²) in [6, 6.07) is 22.1. The Hall–Kier alpha value is -3.66. The van der Waals surface area contributed by atoms with Gasteiger partial charge in [0.05, 0.1) is 39.6 Å². The number of fused-ring (bicyclic) bond motifs is 2. The van der Waals surface area contributed by atoms with Crippen LogP contribution in [0.3, 0.4) is 0 Å². The minimum atomic E-state index is -2.37. The topological polar surface area (TPSA) is 88.5 Å². The van der Waals surface area contributed by atoms with E-state index in [4.69, 9.17) is 14.2 Å². The highest BCUT2D eigenvalue weighted by Crippen LogP contribution is 2.49. The number of para-hydroxylation sites is 1. The van der Waals surface area contributed by atoms with Crippen molar-refractivity contribution in [2.45, 2.75) is 75.9 Å². The van der Waals surface area contributed by atoms with E-state index < -0.39 is 8.07 Å². The van der Waals surface area contributed by atoms with Gasteiger partial charge in [-0.3, -0.25) is 14.5 Å². The maximum Gasteiger partial charge on any atom is 0.231 e. The van der Waals surface area contributed by atoms with E-state index in [9.17, 15) is 14.7 Å². The molecule has 0 aromatic heterocycles. The van der Waals surface area contributed by atoms with E-state index in [1.807, 2.05) is 58.3 Å². The molecule has 3 aromatic rings. The molecule has 0 aliphatic carbocycles. The maximum atomic E-state index is 14.0. The summed E-state index contributed by atoms with van der Waals surface area (Å²) in [6.45, 7) is 7.44. The maximum absolute atomic E-state index is 14.0. The number of amides is 2. The summed E-state index contributed by atoms with van der Waals surface area (Å²) >= 11 is 0. The van der Waals surface area contributed by atoms with E-state index in [0.29, 0.717) is 19.4 Å². The number of carbonyl (C=O) groups excluding carboxylic acids is 2. The molecule has 9 heteroatoms. The molecule has 6 rings (SSSR count). The van der Waals surface area contributed by atoms with Crippen LogP contribution in [-0.2, 0) is 20.7 Å². The van der Waals surface area contributed by atoms with Crippen LogP contribution in [0.25, 0.3) is 0 Å². The normalized spacial score (nSPS) is 23.4. The summed E-state index contributed by atoms with van der Waals surface area (Å²) in [6.07, 6.45) is 2.69. The van der Waals surface area contributed by atoms with Crippen molar-refractivity contribution in [1.82, 2.24) is 4.90 Å². The van der Waals surface area contributed by atoms with E-state index in [-0.39, 0.29) is 48.1 Å². The first-order valence-corrected chi connectivity index (χ1v) is 19.5. The van der Waals surface area contributed by atoms with Gasteiger partial charge in [0.2, 0.25) is 11.8 Å². The second-order valence-corrected chi connectivity index (χ2v) is 18.3. The molecule has 3 aliphatic rings. The van der Waals surface area contributed by atoms with Gasteiger partial charge in [0, 0.05) is 49.2 Å². The third-order valence-electron chi connectivity index (χ3n) is 10.6. The van der Waals surface area contributed by atoms with Gasteiger partial charge in [0.25, 0.3) is 0 Å². The Kier molecular flexibility index (Phi) is 9.28. The summed E-state index contributed by atoms with van der Waals surface area (Å²) < 4.78 is 18.6. The van der Waals surface area contributed by atoms with E-state index >= 15 is 0 Å². The monoisotopic (exact) mass is 642 g/mol. The van der Waals surface area contributed by atoms with Crippen LogP contribution in [0, 0.1) is 5.92 Å². The van der Waals surface area contributed by atoms with Crippen LogP contribution in [-0.4, -0.2) is 69.4 Å². The predicted molar refractivity (Wildman–Crippen MR) is 182 cm³/mol. The van der Waals surface area contributed by atoms with Crippen molar-refractivity contribution in [2.75, 3.05) is 32.3 Å². The first-order valence-electron chi connectivity index (χ1n) is 16.5. The van der Waals surface area contributed by atoms with Crippen molar-refractivity contribution in [2.24, 2.45) is 5.92 Å². The van der Waals surface area contributed by atoms with Gasteiger partial charge in [0.1, 0.15) is 17.6 Å². The lowest BCUT2D eigenvalue weighted by Crippen LogP contribution is -2.55. The number of aliphatic hydroxyl groups is 1. The van der Waals surface area contributed by atoms with Crippen LogP contribution < -0.4 is 19.6 Å². The standard InChI is InChI=1S/C37H46N2O6Si/c1-24-36(44-3)30-21-26(39-31-11-7-6-9-25(31)12-19-34(39)41)13-18-32(30)45-37(24)33(22-35(42)38-20-8-10-27(38)23-40)46(4,5)29-16-14-28(43-2)15-17-29/h6-7,9,11,13-18,21,24,27,33,36-37,40H,8,10,12,19-20,22-23H2,1-5H3/t24-,27+,33?,36-,37-/m1/s1. The summed E-state index contributed by atoms with van der Waals surface area (Å²) in [4.78, 5) is 30.9. The van der Waals surface area contributed by atoms with Crippen LogP contribution in [0.1, 0.15) is 49.8 Å². The largest absolute Gasteiger partial charge is 0.497 e. The highest BCUT2D eigenvalue weighted by molar-refractivity contribution is 6.91. The first kappa shape index (κ1) is 32.3. The van der Waals surface area contributed by atoms with Crippen LogP contribution in [0.2, 0.25) is 18.6 Å². The number of hydrogen-bond acceptors (Lipinski definition) is 6. The Balaban J connectivity index is 1.37. The SMILES string of the molecule is COc1ccc([Si](C)(C)C(CC(=O)N2CCC[C@H]2CO)[C@@H]2Oc3ccc(N4C(=O)CCc5ccccc54)cc3[C@H](OC)[C@H]2C)cc1. The summed E-state index contributed by atoms with van der Waals surface area (Å²) in [5.41, 5.74) is 3.71. The average Bonchev–Trinajstić information content (AvgIpc) is 3.56. The lowest BCUT2D eigenvalue weighted by Gasteiger charge is -2.46. The van der Waals surface area contributed by atoms with Gasteiger partial charge in [-0.25, -0.2) is 0 Å². The molecule has 3 aromatic carbocycles. The van der Waals surface area contributed by atoms with Crippen molar-refractivity contribution in [3.05, 3.63) is 77.9 Å². The smallest absolute Gasteiger partial charge is 0.231 e. The molecular weight excluding hydrogens is 597 g/mol. The Morgan fingerprint density at radius 3 is 2.54 bits per heavy atom. The number of methoxy groups -OCH3 is 2. The number of likely N-dealkylation sites (tertiary alicyclic amines) is 1. The highest BCUT2D eigenvalue weighted by atomic mass is 28.3. The van der Waals surface area contributed by atoms with Gasteiger partial charge in [-0.2, -0.15) is 0 Å². The van der Waals surface area contributed by atoms with Crippen molar-refractivity contribution in [3.63, 3.8) is 0 Å². The minimum absolute atomic E-state index is 0.0164. The fourth-order valence-corrected chi connectivity index (χ4v) is 11.2. The average molecular weight is 643 g/mol. The molecule has 0 radical (unpaired) electrons. The number of aryl methyl sites for hydroxylation is 1. The van der Waals surface area contributed by atoms with Gasteiger partial charge < -0.3 is 24.2 Å². The molecule has 244 valence electrons. The molecule has 1 unspecified atom stereocenters. The molecule has 0 saturated carbocycles. The molecule has 3 aliphatic heterocycles. The van der Waals surface area contributed by atoms with Crippen LogP contribution >= 0.6 is 0 Å². The number of ether oxygens (including phenoxy) is 3. The van der Waals surface area contributed by atoms with E-state index in [2.05, 4.69) is 38.2 Å². The lowest BCUT2D eigenvalue weighted by molar-refractivity contribution is -0.133. The van der Waals surface area contributed by atoms with Crippen LogP contribution in [0.4, 0.5) is 11.4 Å². The molecule has 46 heavy (non-hydrogen) atoms. The molecule has 1 saturated heterocycles. The quantitative estimate of drug-likeness (QED) is 0.299. The minimum Gasteiger partial charge on any atom is -0.497 e. The molecular formula is C37H46N2O6Si. The van der Waals surface area contributed by atoms with E-state index in [1.54, 1.807) is 14.2 Å². The Labute approximate surface area is 273 Å².